The highest BCUT2D eigenvalue weighted by Crippen LogP contribution is 2.29. The van der Waals surface area contributed by atoms with Crippen molar-refractivity contribution < 1.29 is 4.79 Å². The standard InChI is InChI=1S/C21H27N3O.ClH/c1-21(2)15-24(13-12-19(21)22)14-20(25)23-18-11-7-6-10-17(18)16-8-4-3-5-9-16;/h3-11,19H,12-15,22H2,1-2H3,(H,23,25);1H. The molecule has 3 rings (SSSR count). The van der Waals surface area contributed by atoms with Crippen LogP contribution in [0.5, 0.6) is 0 Å². The first-order valence-corrected chi connectivity index (χ1v) is 8.88. The fraction of sp³-hybridized carbons (Fsp3) is 0.381. The molecule has 0 aromatic heterocycles. The number of para-hydroxylation sites is 1. The first-order valence-electron chi connectivity index (χ1n) is 8.88. The van der Waals surface area contributed by atoms with Gasteiger partial charge in [0.15, 0.2) is 0 Å². The number of hydrogen-bond donors (Lipinski definition) is 2. The van der Waals surface area contributed by atoms with Crippen molar-refractivity contribution in [2.75, 3.05) is 25.0 Å². The molecule has 1 saturated heterocycles. The zero-order valence-corrected chi connectivity index (χ0v) is 16.3. The lowest BCUT2D eigenvalue weighted by atomic mass is 9.80. The molecule has 0 radical (unpaired) electrons. The Kier molecular flexibility index (Phi) is 6.81. The topological polar surface area (TPSA) is 58.4 Å². The van der Waals surface area contributed by atoms with Crippen LogP contribution >= 0.6 is 12.4 Å². The highest BCUT2D eigenvalue weighted by molar-refractivity contribution is 5.96. The van der Waals surface area contributed by atoms with Gasteiger partial charge in [0.1, 0.15) is 0 Å². The van der Waals surface area contributed by atoms with E-state index < -0.39 is 0 Å². The number of nitrogens with two attached hydrogens (primary N) is 1. The third-order valence-electron chi connectivity index (χ3n) is 5.04. The molecule has 26 heavy (non-hydrogen) atoms. The van der Waals surface area contributed by atoms with Gasteiger partial charge in [-0.1, -0.05) is 62.4 Å². The molecule has 1 fully saturated rings. The van der Waals surface area contributed by atoms with Gasteiger partial charge in [0.2, 0.25) is 5.91 Å². The van der Waals surface area contributed by atoms with E-state index in [1.54, 1.807) is 0 Å². The normalized spacial score (nSPS) is 19.4. The van der Waals surface area contributed by atoms with E-state index in [-0.39, 0.29) is 29.8 Å². The quantitative estimate of drug-likeness (QED) is 0.857. The Hall–Kier alpha value is -1.88. The maximum absolute atomic E-state index is 12.6. The van der Waals surface area contributed by atoms with Crippen molar-refractivity contribution in [2.45, 2.75) is 26.3 Å². The number of hydrogen-bond acceptors (Lipinski definition) is 3. The van der Waals surface area contributed by atoms with Gasteiger partial charge in [-0.05, 0) is 23.5 Å². The molecule has 4 nitrogen and oxygen atoms in total. The summed E-state index contributed by atoms with van der Waals surface area (Å²) in [6.45, 7) is 6.47. The summed E-state index contributed by atoms with van der Waals surface area (Å²) in [7, 11) is 0. The number of nitrogens with zero attached hydrogens (tertiary/aromatic N) is 1. The SMILES string of the molecule is CC1(C)CN(CC(=O)Nc2ccccc2-c2ccccc2)CCC1N.Cl. The summed E-state index contributed by atoms with van der Waals surface area (Å²) in [6, 6.07) is 18.2. The number of amides is 1. The van der Waals surface area contributed by atoms with E-state index in [9.17, 15) is 4.79 Å². The lowest BCUT2D eigenvalue weighted by Crippen LogP contribution is -2.53. The first kappa shape index (κ1) is 20.4. The van der Waals surface area contributed by atoms with Crippen molar-refractivity contribution in [1.82, 2.24) is 4.90 Å². The molecule has 1 amide bonds. The van der Waals surface area contributed by atoms with E-state index in [0.29, 0.717) is 6.54 Å². The van der Waals surface area contributed by atoms with Crippen molar-refractivity contribution in [3.63, 3.8) is 0 Å². The van der Waals surface area contributed by atoms with Crippen LogP contribution in [0, 0.1) is 5.41 Å². The van der Waals surface area contributed by atoms with E-state index in [2.05, 4.69) is 36.2 Å². The van der Waals surface area contributed by atoms with Crippen molar-refractivity contribution >= 4 is 24.0 Å². The summed E-state index contributed by atoms with van der Waals surface area (Å²) in [5, 5.41) is 3.08. The number of anilines is 1. The molecule has 1 atom stereocenters. The van der Waals surface area contributed by atoms with Gasteiger partial charge < -0.3 is 11.1 Å². The van der Waals surface area contributed by atoms with Gasteiger partial charge >= 0.3 is 0 Å². The number of carbonyl (C=O) groups is 1. The predicted octanol–water partition coefficient (Wildman–Crippen LogP) is 3.77. The molecule has 0 aliphatic carbocycles. The van der Waals surface area contributed by atoms with Gasteiger partial charge in [-0.3, -0.25) is 9.69 Å². The maximum atomic E-state index is 12.6. The minimum atomic E-state index is 0. The number of likely N-dealkylation sites (tertiary alicyclic amines) is 1. The molecule has 1 unspecified atom stereocenters. The summed E-state index contributed by atoms with van der Waals surface area (Å²) in [5.41, 5.74) is 9.22. The Bertz CT molecular complexity index is 733. The fourth-order valence-electron chi connectivity index (χ4n) is 3.47. The zero-order chi connectivity index (χ0) is 17.9. The molecule has 0 spiro atoms. The van der Waals surface area contributed by atoms with Crippen LogP contribution in [-0.2, 0) is 4.79 Å². The molecule has 1 aliphatic rings. The molecule has 1 aliphatic heterocycles. The molecule has 140 valence electrons. The van der Waals surface area contributed by atoms with Crippen LogP contribution in [0.15, 0.2) is 54.6 Å². The van der Waals surface area contributed by atoms with Gasteiger partial charge in [0.25, 0.3) is 0 Å². The second-order valence-corrected chi connectivity index (χ2v) is 7.55. The first-order chi connectivity index (χ1) is 12.0. The number of carbonyl (C=O) groups excluding carboxylic acids is 1. The van der Waals surface area contributed by atoms with Crippen LogP contribution in [0.3, 0.4) is 0 Å². The molecule has 2 aromatic carbocycles. The largest absolute Gasteiger partial charge is 0.327 e. The monoisotopic (exact) mass is 373 g/mol. The van der Waals surface area contributed by atoms with Crippen LogP contribution in [0.1, 0.15) is 20.3 Å². The molecule has 1 heterocycles. The zero-order valence-electron chi connectivity index (χ0n) is 15.4. The van der Waals surface area contributed by atoms with Gasteiger partial charge in [-0.2, -0.15) is 0 Å². The summed E-state index contributed by atoms with van der Waals surface area (Å²) >= 11 is 0. The van der Waals surface area contributed by atoms with Crippen LogP contribution in [0.25, 0.3) is 11.1 Å². The highest BCUT2D eigenvalue weighted by Gasteiger charge is 2.33. The third-order valence-corrected chi connectivity index (χ3v) is 5.04. The van der Waals surface area contributed by atoms with Crippen molar-refractivity contribution in [3.8, 4) is 11.1 Å². The smallest absolute Gasteiger partial charge is 0.238 e. The lowest BCUT2D eigenvalue weighted by Gasteiger charge is -2.42. The van der Waals surface area contributed by atoms with Crippen LogP contribution in [0.2, 0.25) is 0 Å². The molecule has 2 aromatic rings. The van der Waals surface area contributed by atoms with E-state index in [4.69, 9.17) is 5.73 Å². The highest BCUT2D eigenvalue weighted by atomic mass is 35.5. The van der Waals surface area contributed by atoms with Crippen LogP contribution in [0.4, 0.5) is 5.69 Å². The summed E-state index contributed by atoms with van der Waals surface area (Å²) in [6.07, 6.45) is 0.931. The Labute approximate surface area is 162 Å². The van der Waals surface area contributed by atoms with Crippen molar-refractivity contribution in [1.29, 1.82) is 0 Å². The number of rotatable bonds is 4. The van der Waals surface area contributed by atoms with Crippen LogP contribution < -0.4 is 11.1 Å². The Morgan fingerprint density at radius 2 is 1.81 bits per heavy atom. The van der Waals surface area contributed by atoms with Gasteiger partial charge in [0.05, 0.1) is 6.54 Å². The average molecular weight is 374 g/mol. The van der Waals surface area contributed by atoms with E-state index in [1.165, 1.54) is 0 Å². The summed E-state index contributed by atoms with van der Waals surface area (Å²) in [5.74, 6) is 0.0228. The fourth-order valence-corrected chi connectivity index (χ4v) is 3.47. The lowest BCUT2D eigenvalue weighted by molar-refractivity contribution is -0.118. The van der Waals surface area contributed by atoms with E-state index in [0.717, 1.165) is 36.3 Å². The van der Waals surface area contributed by atoms with Gasteiger partial charge in [-0.15, -0.1) is 12.4 Å². The Morgan fingerprint density at radius 1 is 1.15 bits per heavy atom. The van der Waals surface area contributed by atoms with Gasteiger partial charge in [-0.25, -0.2) is 0 Å². The number of benzene rings is 2. The maximum Gasteiger partial charge on any atom is 0.238 e. The summed E-state index contributed by atoms with van der Waals surface area (Å²) < 4.78 is 0. The second-order valence-electron chi connectivity index (χ2n) is 7.55. The van der Waals surface area contributed by atoms with Crippen LogP contribution in [-0.4, -0.2) is 36.5 Å². The molecule has 3 N–H and O–H groups in total. The van der Waals surface area contributed by atoms with Gasteiger partial charge in [0, 0.05) is 30.4 Å². The molecular formula is C21H28ClN3O. The van der Waals surface area contributed by atoms with Crippen molar-refractivity contribution in [2.24, 2.45) is 11.1 Å². The molecule has 5 heteroatoms. The number of piperidine rings is 1. The second kappa shape index (κ2) is 8.67. The van der Waals surface area contributed by atoms with Crippen molar-refractivity contribution in [3.05, 3.63) is 54.6 Å². The minimum Gasteiger partial charge on any atom is -0.327 e. The third kappa shape index (κ3) is 4.85. The average Bonchev–Trinajstić information content (AvgIpc) is 2.59. The Balaban J connectivity index is 0.00000243. The number of nitrogens with one attached hydrogen (secondary N) is 1. The molecular weight excluding hydrogens is 346 g/mol. The van der Waals surface area contributed by atoms with E-state index >= 15 is 0 Å². The van der Waals surface area contributed by atoms with E-state index in [1.807, 2.05) is 42.5 Å². The Morgan fingerprint density at radius 3 is 2.50 bits per heavy atom. The summed E-state index contributed by atoms with van der Waals surface area (Å²) in [4.78, 5) is 14.8. The number of halogens is 1. The molecule has 0 saturated carbocycles. The predicted molar refractivity (Wildman–Crippen MR) is 111 cm³/mol. The molecule has 0 bridgehead atoms. The minimum absolute atomic E-state index is 0.